The summed E-state index contributed by atoms with van der Waals surface area (Å²) in [5.74, 6) is -1.05. The second kappa shape index (κ2) is 6.65. The molecule has 26 heavy (non-hydrogen) atoms. The summed E-state index contributed by atoms with van der Waals surface area (Å²) < 4.78 is 29.1. The van der Waals surface area contributed by atoms with Crippen LogP contribution in [-0.4, -0.2) is 43.2 Å². The normalized spacial score (nSPS) is 13.8. The van der Waals surface area contributed by atoms with Crippen molar-refractivity contribution in [3.8, 4) is 0 Å². The van der Waals surface area contributed by atoms with Gasteiger partial charge in [-0.2, -0.15) is 8.42 Å². The number of benzene rings is 2. The van der Waals surface area contributed by atoms with Gasteiger partial charge in [0.25, 0.3) is 27.6 Å². The molecular weight excluding hydrogens is 364 g/mol. The average molecular weight is 376 g/mol. The number of imide groups is 1. The number of nitrogens with zero attached hydrogens (tertiary/aromatic N) is 2. The van der Waals surface area contributed by atoms with E-state index in [4.69, 9.17) is 4.18 Å². The molecule has 0 N–H and O–H groups in total. The molecule has 1 aliphatic rings. The minimum Gasteiger partial charge on any atom is -0.272 e. The summed E-state index contributed by atoms with van der Waals surface area (Å²) in [6.07, 6.45) is 0. The molecule has 0 aliphatic carbocycles. The number of hydrogen-bond acceptors (Lipinski definition) is 7. The van der Waals surface area contributed by atoms with Crippen LogP contribution in [0.5, 0.6) is 0 Å². The van der Waals surface area contributed by atoms with Crippen LogP contribution in [0.1, 0.15) is 20.7 Å². The van der Waals surface area contributed by atoms with Crippen molar-refractivity contribution >= 4 is 27.6 Å². The molecule has 2 aromatic carbocycles. The Kier molecular flexibility index (Phi) is 4.53. The molecule has 134 valence electrons. The number of rotatable bonds is 6. The van der Waals surface area contributed by atoms with Gasteiger partial charge in [0.05, 0.1) is 29.2 Å². The highest BCUT2D eigenvalue weighted by atomic mass is 32.2. The van der Waals surface area contributed by atoms with Crippen LogP contribution in [0.4, 0.5) is 5.69 Å². The molecule has 0 saturated heterocycles. The molecule has 0 saturated carbocycles. The summed E-state index contributed by atoms with van der Waals surface area (Å²) in [6.45, 7) is -0.725. The van der Waals surface area contributed by atoms with Crippen LogP contribution in [0.3, 0.4) is 0 Å². The minimum absolute atomic E-state index is 0.249. The fourth-order valence-electron chi connectivity index (χ4n) is 2.50. The third-order valence-corrected chi connectivity index (χ3v) is 5.06. The minimum atomic E-state index is -4.26. The SMILES string of the molecule is O=C1c2ccccc2C(=O)N1CCOS(=O)(=O)c1cccc([N+](=O)[O-])c1. The number of nitro benzene ring substituents is 1. The summed E-state index contributed by atoms with van der Waals surface area (Å²) in [5, 5.41) is 10.7. The maximum absolute atomic E-state index is 12.2. The summed E-state index contributed by atoms with van der Waals surface area (Å²) in [6, 6.07) is 10.7. The molecule has 0 unspecified atom stereocenters. The van der Waals surface area contributed by atoms with Gasteiger partial charge in [0.1, 0.15) is 4.90 Å². The van der Waals surface area contributed by atoms with Gasteiger partial charge in [-0.3, -0.25) is 28.8 Å². The Morgan fingerprint density at radius 1 is 1.00 bits per heavy atom. The van der Waals surface area contributed by atoms with Gasteiger partial charge in [0.2, 0.25) is 0 Å². The third kappa shape index (κ3) is 3.19. The lowest BCUT2D eigenvalue weighted by Gasteiger charge is -2.13. The zero-order valence-electron chi connectivity index (χ0n) is 13.2. The highest BCUT2D eigenvalue weighted by Gasteiger charge is 2.35. The van der Waals surface area contributed by atoms with Crippen molar-refractivity contribution in [2.75, 3.05) is 13.2 Å². The first-order valence-corrected chi connectivity index (χ1v) is 8.81. The molecule has 0 atom stereocenters. The summed E-state index contributed by atoms with van der Waals surface area (Å²) in [4.78, 5) is 34.9. The van der Waals surface area contributed by atoms with Gasteiger partial charge in [0.15, 0.2) is 0 Å². The van der Waals surface area contributed by atoms with E-state index in [1.807, 2.05) is 0 Å². The number of carbonyl (C=O) groups is 2. The van der Waals surface area contributed by atoms with E-state index in [0.29, 0.717) is 0 Å². The number of amides is 2. The molecule has 2 aromatic rings. The zero-order chi connectivity index (χ0) is 18.9. The Balaban J connectivity index is 1.69. The number of carbonyl (C=O) groups excluding carboxylic acids is 2. The Morgan fingerprint density at radius 2 is 1.62 bits per heavy atom. The van der Waals surface area contributed by atoms with E-state index in [1.54, 1.807) is 12.1 Å². The number of hydrogen-bond donors (Lipinski definition) is 0. The number of fused-ring (bicyclic) bond motifs is 1. The second-order valence-corrected chi connectivity index (χ2v) is 6.95. The smallest absolute Gasteiger partial charge is 0.272 e. The van der Waals surface area contributed by atoms with E-state index in [-0.39, 0.29) is 22.6 Å². The predicted molar refractivity (Wildman–Crippen MR) is 88.0 cm³/mol. The van der Waals surface area contributed by atoms with E-state index in [9.17, 15) is 28.1 Å². The topological polar surface area (TPSA) is 124 Å². The highest BCUT2D eigenvalue weighted by Crippen LogP contribution is 2.23. The second-order valence-electron chi connectivity index (χ2n) is 5.34. The van der Waals surface area contributed by atoms with E-state index >= 15 is 0 Å². The van der Waals surface area contributed by atoms with E-state index in [1.165, 1.54) is 18.2 Å². The first-order valence-electron chi connectivity index (χ1n) is 7.40. The molecule has 1 heterocycles. The molecule has 9 nitrogen and oxygen atoms in total. The first-order chi connectivity index (χ1) is 12.3. The van der Waals surface area contributed by atoms with E-state index in [0.717, 1.165) is 23.1 Å². The molecule has 2 amide bonds. The standard InChI is InChI=1S/C16H12N2O7S/c19-15-13-6-1-2-7-14(13)16(20)17(15)8-9-25-26(23,24)12-5-3-4-11(10-12)18(21)22/h1-7,10H,8-9H2. The molecular formula is C16H12N2O7S. The maximum atomic E-state index is 12.2. The van der Waals surface area contributed by atoms with Crippen molar-refractivity contribution in [3.05, 3.63) is 69.8 Å². The van der Waals surface area contributed by atoms with Crippen molar-refractivity contribution in [1.82, 2.24) is 4.90 Å². The number of non-ortho nitro benzene ring substituents is 1. The van der Waals surface area contributed by atoms with Gasteiger partial charge >= 0.3 is 0 Å². The van der Waals surface area contributed by atoms with Crippen LogP contribution < -0.4 is 0 Å². The van der Waals surface area contributed by atoms with Crippen LogP contribution in [0.15, 0.2) is 53.4 Å². The van der Waals surface area contributed by atoms with Crippen LogP contribution in [0.2, 0.25) is 0 Å². The average Bonchev–Trinajstić information content (AvgIpc) is 2.87. The Morgan fingerprint density at radius 3 is 2.19 bits per heavy atom. The molecule has 1 aliphatic heterocycles. The van der Waals surface area contributed by atoms with Crippen LogP contribution in [0.25, 0.3) is 0 Å². The van der Waals surface area contributed by atoms with Gasteiger partial charge in [-0.15, -0.1) is 0 Å². The van der Waals surface area contributed by atoms with Crippen molar-refractivity contribution in [3.63, 3.8) is 0 Å². The summed E-state index contributed by atoms with van der Waals surface area (Å²) >= 11 is 0. The summed E-state index contributed by atoms with van der Waals surface area (Å²) in [5.41, 5.74) is 0.105. The van der Waals surface area contributed by atoms with Gasteiger partial charge in [0, 0.05) is 12.1 Å². The van der Waals surface area contributed by atoms with Gasteiger partial charge in [-0.1, -0.05) is 18.2 Å². The van der Waals surface area contributed by atoms with E-state index < -0.39 is 39.2 Å². The fraction of sp³-hybridized carbons (Fsp3) is 0.125. The van der Waals surface area contributed by atoms with Crippen molar-refractivity contribution < 1.29 is 27.1 Å². The van der Waals surface area contributed by atoms with Crippen LogP contribution in [0, 0.1) is 10.1 Å². The Labute approximate surface area is 148 Å². The lowest BCUT2D eigenvalue weighted by molar-refractivity contribution is -0.385. The van der Waals surface area contributed by atoms with Gasteiger partial charge in [-0.05, 0) is 18.2 Å². The van der Waals surface area contributed by atoms with Crippen molar-refractivity contribution in [2.24, 2.45) is 0 Å². The Hall–Kier alpha value is -3.11. The number of nitro groups is 1. The lowest BCUT2D eigenvalue weighted by atomic mass is 10.1. The monoisotopic (exact) mass is 376 g/mol. The molecule has 0 radical (unpaired) electrons. The van der Waals surface area contributed by atoms with Crippen molar-refractivity contribution in [2.45, 2.75) is 4.90 Å². The molecule has 0 bridgehead atoms. The molecule has 0 aromatic heterocycles. The van der Waals surface area contributed by atoms with Crippen LogP contribution in [-0.2, 0) is 14.3 Å². The predicted octanol–water partition coefficient (Wildman–Crippen LogP) is 1.60. The molecule has 3 rings (SSSR count). The van der Waals surface area contributed by atoms with Gasteiger partial charge < -0.3 is 0 Å². The zero-order valence-corrected chi connectivity index (χ0v) is 14.0. The summed E-state index contributed by atoms with van der Waals surface area (Å²) in [7, 11) is -4.26. The fourth-order valence-corrected chi connectivity index (χ4v) is 3.44. The third-order valence-electron chi connectivity index (χ3n) is 3.75. The molecule has 0 fully saturated rings. The molecule has 0 spiro atoms. The van der Waals surface area contributed by atoms with Crippen molar-refractivity contribution in [1.29, 1.82) is 0 Å². The Bertz CT molecular complexity index is 982. The first kappa shape index (κ1) is 17.7. The maximum Gasteiger partial charge on any atom is 0.297 e. The van der Waals surface area contributed by atoms with Gasteiger partial charge in [-0.25, -0.2) is 0 Å². The largest absolute Gasteiger partial charge is 0.297 e. The van der Waals surface area contributed by atoms with E-state index in [2.05, 4.69) is 0 Å². The quantitative estimate of drug-likeness (QED) is 0.324. The lowest BCUT2D eigenvalue weighted by Crippen LogP contribution is -2.33. The van der Waals surface area contributed by atoms with Crippen LogP contribution >= 0.6 is 0 Å². The highest BCUT2D eigenvalue weighted by molar-refractivity contribution is 7.86. The molecule has 10 heteroatoms.